The van der Waals surface area contributed by atoms with Gasteiger partial charge in [0.2, 0.25) is 5.89 Å². The zero-order valence-corrected chi connectivity index (χ0v) is 15.4. The molecule has 2 aromatic carbocycles. The Labute approximate surface area is 162 Å². The van der Waals surface area contributed by atoms with Crippen LogP contribution in [-0.4, -0.2) is 42.4 Å². The van der Waals surface area contributed by atoms with Gasteiger partial charge in [0.15, 0.2) is 5.58 Å². The Balaban J connectivity index is 1.46. The topological polar surface area (TPSA) is 97.6 Å². The van der Waals surface area contributed by atoms with Crippen molar-refractivity contribution in [2.75, 3.05) is 26.3 Å². The van der Waals surface area contributed by atoms with Gasteiger partial charge in [-0.1, -0.05) is 0 Å². The number of ether oxygens (including phenoxy) is 2. The number of allylic oxidation sites excluding steroid dienone is 1. The van der Waals surface area contributed by atoms with Crippen molar-refractivity contribution in [3.63, 3.8) is 0 Å². The molecule has 3 N–H and O–H groups in total. The highest BCUT2D eigenvalue weighted by molar-refractivity contribution is 5.81. The number of morpholine rings is 1. The van der Waals surface area contributed by atoms with Crippen molar-refractivity contribution in [2.45, 2.75) is 6.54 Å². The van der Waals surface area contributed by atoms with Crippen molar-refractivity contribution in [2.24, 2.45) is 5.73 Å². The number of benzene rings is 2. The predicted molar refractivity (Wildman–Crippen MR) is 108 cm³/mol. The lowest BCUT2D eigenvalue weighted by atomic mass is 10.1. The molecule has 0 aliphatic carbocycles. The Hall–Kier alpha value is -3.16. The van der Waals surface area contributed by atoms with Crippen LogP contribution in [0.25, 0.3) is 16.8 Å². The standard InChI is InChI=1S/C21H22N4O3/c22-8-7-18(23)15-1-3-16(4-2-15)27-17-5-6-19-20(13-17)28-21(24-19)14-25-9-11-26-12-10-25/h1-8,13,22H,9-12,14,23H2/b18-7-,22-8?. The summed E-state index contributed by atoms with van der Waals surface area (Å²) in [7, 11) is 0. The van der Waals surface area contributed by atoms with Gasteiger partial charge in [-0.15, -0.1) is 0 Å². The molecule has 28 heavy (non-hydrogen) atoms. The number of nitrogens with one attached hydrogen (secondary N) is 1. The SMILES string of the molecule is N=C/C=C(\N)c1ccc(Oc2ccc3nc(CN4CCOCC4)oc3c2)cc1. The number of nitrogens with two attached hydrogens (primary N) is 1. The molecule has 0 radical (unpaired) electrons. The van der Waals surface area contributed by atoms with E-state index >= 15 is 0 Å². The number of hydrogen-bond acceptors (Lipinski definition) is 7. The minimum Gasteiger partial charge on any atom is -0.457 e. The van der Waals surface area contributed by atoms with Crippen molar-refractivity contribution in [3.8, 4) is 11.5 Å². The summed E-state index contributed by atoms with van der Waals surface area (Å²) in [4.78, 5) is 6.83. The van der Waals surface area contributed by atoms with E-state index in [2.05, 4.69) is 9.88 Å². The average Bonchev–Trinajstić information content (AvgIpc) is 3.11. The summed E-state index contributed by atoms with van der Waals surface area (Å²) in [5.41, 5.74) is 8.78. The van der Waals surface area contributed by atoms with Gasteiger partial charge < -0.3 is 25.0 Å². The first-order valence-electron chi connectivity index (χ1n) is 9.15. The highest BCUT2D eigenvalue weighted by Gasteiger charge is 2.15. The Morgan fingerprint density at radius 2 is 1.89 bits per heavy atom. The molecule has 1 aromatic heterocycles. The molecule has 1 aliphatic rings. The summed E-state index contributed by atoms with van der Waals surface area (Å²) in [6.45, 7) is 3.96. The van der Waals surface area contributed by atoms with Gasteiger partial charge >= 0.3 is 0 Å². The van der Waals surface area contributed by atoms with Crippen molar-refractivity contribution >= 4 is 23.0 Å². The normalized spacial score (nSPS) is 15.6. The van der Waals surface area contributed by atoms with Crippen LogP contribution < -0.4 is 10.5 Å². The molecule has 0 spiro atoms. The molecule has 0 saturated carbocycles. The minimum absolute atomic E-state index is 0.539. The second kappa shape index (κ2) is 8.24. The molecule has 2 heterocycles. The van der Waals surface area contributed by atoms with Crippen LogP contribution in [0.15, 0.2) is 53.0 Å². The maximum Gasteiger partial charge on any atom is 0.209 e. The van der Waals surface area contributed by atoms with Crippen LogP contribution >= 0.6 is 0 Å². The molecule has 1 fully saturated rings. The van der Waals surface area contributed by atoms with Gasteiger partial charge in [0.1, 0.15) is 17.0 Å². The second-order valence-corrected chi connectivity index (χ2v) is 6.54. The lowest BCUT2D eigenvalue weighted by Crippen LogP contribution is -2.35. The Kier molecular flexibility index (Phi) is 5.36. The van der Waals surface area contributed by atoms with Crippen LogP contribution in [0, 0.1) is 5.41 Å². The summed E-state index contributed by atoms with van der Waals surface area (Å²) >= 11 is 0. The van der Waals surface area contributed by atoms with Crippen LogP contribution in [0.5, 0.6) is 11.5 Å². The molecule has 4 rings (SSSR count). The van der Waals surface area contributed by atoms with Crippen LogP contribution in [0.1, 0.15) is 11.5 Å². The van der Waals surface area contributed by atoms with E-state index in [1.807, 2.05) is 42.5 Å². The van der Waals surface area contributed by atoms with Gasteiger partial charge in [0.05, 0.1) is 19.8 Å². The number of aromatic nitrogens is 1. The number of fused-ring (bicyclic) bond motifs is 1. The molecule has 7 nitrogen and oxygen atoms in total. The van der Waals surface area contributed by atoms with E-state index in [-0.39, 0.29) is 0 Å². The van der Waals surface area contributed by atoms with E-state index in [4.69, 9.17) is 25.0 Å². The third-order valence-corrected chi connectivity index (χ3v) is 4.55. The van der Waals surface area contributed by atoms with Gasteiger partial charge in [0.25, 0.3) is 0 Å². The lowest BCUT2D eigenvalue weighted by Gasteiger charge is -2.24. The fourth-order valence-electron chi connectivity index (χ4n) is 3.07. The zero-order valence-electron chi connectivity index (χ0n) is 15.4. The smallest absolute Gasteiger partial charge is 0.209 e. The summed E-state index contributed by atoms with van der Waals surface area (Å²) < 4.78 is 17.2. The lowest BCUT2D eigenvalue weighted by molar-refractivity contribution is 0.0308. The quantitative estimate of drug-likeness (QED) is 0.638. The average molecular weight is 378 g/mol. The van der Waals surface area contributed by atoms with E-state index < -0.39 is 0 Å². The molecule has 1 aliphatic heterocycles. The van der Waals surface area contributed by atoms with Crippen LogP contribution in [0.3, 0.4) is 0 Å². The van der Waals surface area contributed by atoms with E-state index in [0.717, 1.165) is 37.4 Å². The van der Waals surface area contributed by atoms with Crippen LogP contribution in [-0.2, 0) is 11.3 Å². The van der Waals surface area contributed by atoms with Crippen molar-refractivity contribution in [1.82, 2.24) is 9.88 Å². The Bertz CT molecular complexity index is 989. The van der Waals surface area contributed by atoms with E-state index in [9.17, 15) is 0 Å². The van der Waals surface area contributed by atoms with Crippen molar-refractivity contribution < 1.29 is 13.9 Å². The molecule has 0 amide bonds. The van der Waals surface area contributed by atoms with E-state index in [1.165, 1.54) is 6.21 Å². The molecule has 0 bridgehead atoms. The number of hydrogen-bond donors (Lipinski definition) is 2. The summed E-state index contributed by atoms with van der Waals surface area (Å²) in [6.07, 6.45) is 2.71. The monoisotopic (exact) mass is 378 g/mol. The summed E-state index contributed by atoms with van der Waals surface area (Å²) in [6, 6.07) is 13.0. The fourth-order valence-corrected chi connectivity index (χ4v) is 3.07. The second-order valence-electron chi connectivity index (χ2n) is 6.54. The summed E-state index contributed by atoms with van der Waals surface area (Å²) in [5, 5.41) is 7.08. The van der Waals surface area contributed by atoms with Gasteiger partial charge in [-0.2, -0.15) is 0 Å². The Morgan fingerprint density at radius 1 is 1.14 bits per heavy atom. The van der Waals surface area contributed by atoms with Crippen LogP contribution in [0.4, 0.5) is 0 Å². The van der Waals surface area contributed by atoms with Crippen molar-refractivity contribution in [1.29, 1.82) is 5.41 Å². The fraction of sp³-hybridized carbons (Fsp3) is 0.238. The van der Waals surface area contributed by atoms with Crippen LogP contribution in [0.2, 0.25) is 0 Å². The molecule has 144 valence electrons. The first kappa shape index (κ1) is 18.2. The Morgan fingerprint density at radius 3 is 2.64 bits per heavy atom. The number of oxazole rings is 1. The first-order chi connectivity index (χ1) is 13.7. The number of rotatable bonds is 6. The maximum absolute atomic E-state index is 7.08. The predicted octanol–water partition coefficient (Wildman–Crippen LogP) is 3.40. The zero-order chi connectivity index (χ0) is 19.3. The molecule has 7 heteroatoms. The highest BCUT2D eigenvalue weighted by atomic mass is 16.5. The molecular weight excluding hydrogens is 356 g/mol. The largest absolute Gasteiger partial charge is 0.457 e. The third-order valence-electron chi connectivity index (χ3n) is 4.55. The minimum atomic E-state index is 0.539. The van der Waals surface area contributed by atoms with Crippen molar-refractivity contribution in [3.05, 3.63) is 60.0 Å². The van der Waals surface area contributed by atoms with Gasteiger partial charge in [0, 0.05) is 31.1 Å². The third kappa shape index (κ3) is 4.21. The molecule has 1 saturated heterocycles. The number of nitrogens with zero attached hydrogens (tertiary/aromatic N) is 2. The molecular formula is C21H22N4O3. The molecule has 0 atom stereocenters. The maximum atomic E-state index is 7.08. The molecule has 0 unspecified atom stereocenters. The highest BCUT2D eigenvalue weighted by Crippen LogP contribution is 2.27. The van der Waals surface area contributed by atoms with Gasteiger partial charge in [-0.25, -0.2) is 4.98 Å². The summed E-state index contributed by atoms with van der Waals surface area (Å²) in [5.74, 6) is 2.07. The molecule has 3 aromatic rings. The van der Waals surface area contributed by atoms with E-state index in [1.54, 1.807) is 6.08 Å². The van der Waals surface area contributed by atoms with Gasteiger partial charge in [-0.3, -0.25) is 4.90 Å². The van der Waals surface area contributed by atoms with Gasteiger partial charge in [-0.05, 0) is 48.0 Å². The van der Waals surface area contributed by atoms with E-state index in [0.29, 0.717) is 35.2 Å². The first-order valence-corrected chi connectivity index (χ1v) is 9.15.